The monoisotopic (exact) mass is 421 g/mol. The molecule has 1 aromatic heterocycles. The molecule has 1 amide bonds. The number of hydrogen-bond donors (Lipinski definition) is 0. The van der Waals surface area contributed by atoms with Crippen LogP contribution in [0.5, 0.6) is 11.5 Å². The van der Waals surface area contributed by atoms with Gasteiger partial charge in [-0.15, -0.1) is 11.3 Å². The summed E-state index contributed by atoms with van der Waals surface area (Å²) in [6.45, 7) is 1.63. The highest BCUT2D eigenvalue weighted by molar-refractivity contribution is 7.12. The van der Waals surface area contributed by atoms with Gasteiger partial charge in [-0.1, -0.05) is 36.4 Å². The van der Waals surface area contributed by atoms with E-state index >= 15 is 0 Å². The number of benzene rings is 2. The molecule has 1 saturated heterocycles. The molecule has 4 rings (SSSR count). The van der Waals surface area contributed by atoms with E-state index < -0.39 is 0 Å². The van der Waals surface area contributed by atoms with Gasteiger partial charge in [0.1, 0.15) is 18.1 Å². The van der Waals surface area contributed by atoms with Crippen LogP contribution in [0.15, 0.2) is 72.1 Å². The van der Waals surface area contributed by atoms with Gasteiger partial charge in [0.2, 0.25) is 0 Å². The Balaban J connectivity index is 1.24. The number of carbonyl (C=O) groups excluding carboxylic acids is 2. The molecule has 0 aliphatic carbocycles. The first kappa shape index (κ1) is 20.2. The van der Waals surface area contributed by atoms with Crippen molar-refractivity contribution in [2.45, 2.75) is 19.4 Å². The van der Waals surface area contributed by atoms with Crippen LogP contribution in [-0.2, 0) is 11.4 Å². The summed E-state index contributed by atoms with van der Waals surface area (Å²) >= 11 is 1.44. The van der Waals surface area contributed by atoms with Crippen LogP contribution in [0, 0.1) is 5.92 Å². The number of ether oxygens (including phenoxy) is 2. The van der Waals surface area contributed by atoms with Crippen LogP contribution in [0.4, 0.5) is 0 Å². The van der Waals surface area contributed by atoms with Crippen molar-refractivity contribution in [3.63, 3.8) is 0 Å². The zero-order chi connectivity index (χ0) is 20.8. The quantitative estimate of drug-likeness (QED) is 0.424. The Bertz CT molecular complexity index is 962. The van der Waals surface area contributed by atoms with E-state index in [-0.39, 0.29) is 17.8 Å². The van der Waals surface area contributed by atoms with Crippen LogP contribution in [0.1, 0.15) is 28.1 Å². The SMILES string of the molecule is O=C(Oc1ccc(OCc2ccccc2)cc1)C1CCN(C(=O)c2cccs2)CC1. The minimum atomic E-state index is -0.240. The van der Waals surface area contributed by atoms with E-state index in [4.69, 9.17) is 9.47 Å². The molecule has 0 radical (unpaired) electrons. The molecule has 30 heavy (non-hydrogen) atoms. The third kappa shape index (κ3) is 5.07. The Morgan fingerprint density at radius 2 is 1.60 bits per heavy atom. The Morgan fingerprint density at radius 1 is 0.900 bits per heavy atom. The third-order valence-electron chi connectivity index (χ3n) is 5.14. The maximum absolute atomic E-state index is 12.5. The molecule has 0 N–H and O–H groups in total. The lowest BCUT2D eigenvalue weighted by molar-refractivity contribution is -0.140. The Hall–Kier alpha value is -3.12. The van der Waals surface area contributed by atoms with Gasteiger partial charge in [-0.3, -0.25) is 9.59 Å². The minimum Gasteiger partial charge on any atom is -0.489 e. The van der Waals surface area contributed by atoms with E-state index in [0.29, 0.717) is 38.3 Å². The summed E-state index contributed by atoms with van der Waals surface area (Å²) in [5.41, 5.74) is 1.09. The van der Waals surface area contributed by atoms with Gasteiger partial charge in [0, 0.05) is 13.1 Å². The predicted molar refractivity (Wildman–Crippen MR) is 116 cm³/mol. The van der Waals surface area contributed by atoms with Crippen molar-refractivity contribution in [2.24, 2.45) is 5.92 Å². The van der Waals surface area contributed by atoms with E-state index in [0.717, 1.165) is 16.2 Å². The predicted octanol–water partition coefficient (Wildman–Crippen LogP) is 4.78. The minimum absolute atomic E-state index is 0.0444. The fourth-order valence-corrected chi connectivity index (χ4v) is 4.11. The molecule has 0 saturated carbocycles. The van der Waals surface area contributed by atoms with Gasteiger partial charge in [0.15, 0.2) is 0 Å². The molecule has 5 nitrogen and oxygen atoms in total. The first-order valence-electron chi connectivity index (χ1n) is 10.0. The molecule has 2 aromatic carbocycles. The molecule has 3 aromatic rings. The van der Waals surface area contributed by atoms with Crippen LogP contribution in [0.3, 0.4) is 0 Å². The zero-order valence-electron chi connectivity index (χ0n) is 16.5. The lowest BCUT2D eigenvalue weighted by Crippen LogP contribution is -2.40. The first-order valence-corrected chi connectivity index (χ1v) is 10.9. The molecule has 0 unspecified atom stereocenters. The van der Waals surface area contributed by atoms with Crippen molar-refractivity contribution in [3.05, 3.63) is 82.6 Å². The van der Waals surface area contributed by atoms with E-state index in [1.165, 1.54) is 11.3 Å². The summed E-state index contributed by atoms with van der Waals surface area (Å²) in [6, 6.07) is 20.7. The molecular weight excluding hydrogens is 398 g/mol. The maximum atomic E-state index is 12.5. The van der Waals surface area contributed by atoms with Gasteiger partial charge in [0.05, 0.1) is 10.8 Å². The summed E-state index contributed by atoms with van der Waals surface area (Å²) in [7, 11) is 0. The summed E-state index contributed by atoms with van der Waals surface area (Å²) in [4.78, 5) is 27.5. The molecule has 1 aliphatic heterocycles. The largest absolute Gasteiger partial charge is 0.489 e. The molecule has 2 heterocycles. The van der Waals surface area contributed by atoms with Crippen molar-refractivity contribution in [2.75, 3.05) is 13.1 Å². The highest BCUT2D eigenvalue weighted by Crippen LogP contribution is 2.24. The number of hydrogen-bond acceptors (Lipinski definition) is 5. The lowest BCUT2D eigenvalue weighted by atomic mass is 9.97. The van der Waals surface area contributed by atoms with Crippen molar-refractivity contribution in [1.82, 2.24) is 4.90 Å². The van der Waals surface area contributed by atoms with Gasteiger partial charge in [0.25, 0.3) is 5.91 Å². The van der Waals surface area contributed by atoms with Crippen LogP contribution in [0.25, 0.3) is 0 Å². The van der Waals surface area contributed by atoms with Gasteiger partial charge < -0.3 is 14.4 Å². The van der Waals surface area contributed by atoms with E-state index in [2.05, 4.69) is 0 Å². The highest BCUT2D eigenvalue weighted by atomic mass is 32.1. The van der Waals surface area contributed by atoms with Crippen molar-refractivity contribution < 1.29 is 19.1 Å². The van der Waals surface area contributed by atoms with Crippen LogP contribution >= 0.6 is 11.3 Å². The third-order valence-corrected chi connectivity index (χ3v) is 6.00. The highest BCUT2D eigenvalue weighted by Gasteiger charge is 2.29. The normalized spacial score (nSPS) is 14.3. The maximum Gasteiger partial charge on any atom is 0.314 e. The molecular formula is C24H23NO4S. The average Bonchev–Trinajstić information content (AvgIpc) is 3.34. The van der Waals surface area contributed by atoms with E-state index in [1.54, 1.807) is 24.3 Å². The van der Waals surface area contributed by atoms with Gasteiger partial charge in [-0.2, -0.15) is 0 Å². The van der Waals surface area contributed by atoms with Gasteiger partial charge in [-0.25, -0.2) is 0 Å². The van der Waals surface area contributed by atoms with Crippen LogP contribution < -0.4 is 9.47 Å². The summed E-state index contributed by atoms with van der Waals surface area (Å²) in [6.07, 6.45) is 1.24. The van der Waals surface area contributed by atoms with E-state index in [1.807, 2.05) is 52.7 Å². The van der Waals surface area contributed by atoms with Crippen molar-refractivity contribution >= 4 is 23.2 Å². The van der Waals surface area contributed by atoms with Crippen molar-refractivity contribution in [1.29, 1.82) is 0 Å². The lowest BCUT2D eigenvalue weighted by Gasteiger charge is -2.30. The number of thiophene rings is 1. The van der Waals surface area contributed by atoms with Crippen LogP contribution in [-0.4, -0.2) is 29.9 Å². The number of carbonyl (C=O) groups is 2. The first-order chi connectivity index (χ1) is 14.7. The topological polar surface area (TPSA) is 55.8 Å². The van der Waals surface area contributed by atoms with Gasteiger partial charge >= 0.3 is 5.97 Å². The molecule has 154 valence electrons. The molecule has 1 fully saturated rings. The molecule has 1 aliphatic rings. The summed E-state index contributed by atoms with van der Waals surface area (Å²) < 4.78 is 11.3. The van der Waals surface area contributed by atoms with Gasteiger partial charge in [-0.05, 0) is 54.1 Å². The summed E-state index contributed by atoms with van der Waals surface area (Å²) in [5.74, 6) is 0.841. The number of piperidine rings is 1. The molecule has 0 atom stereocenters. The number of rotatable bonds is 6. The Morgan fingerprint density at radius 3 is 2.27 bits per heavy atom. The second-order valence-corrected chi connectivity index (χ2v) is 8.16. The number of esters is 1. The number of nitrogens with zero attached hydrogens (tertiary/aromatic N) is 1. The summed E-state index contributed by atoms with van der Waals surface area (Å²) in [5, 5.41) is 1.90. The zero-order valence-corrected chi connectivity index (χ0v) is 17.3. The van der Waals surface area contributed by atoms with E-state index in [9.17, 15) is 9.59 Å². The second-order valence-electron chi connectivity index (χ2n) is 7.21. The second kappa shape index (κ2) is 9.59. The van der Waals surface area contributed by atoms with Crippen LogP contribution in [0.2, 0.25) is 0 Å². The fraction of sp³-hybridized carbons (Fsp3) is 0.250. The Labute approximate surface area is 179 Å². The number of amides is 1. The standard InChI is InChI=1S/C24H23NO4S/c26-23(22-7-4-16-30-22)25-14-12-19(13-15-25)24(27)29-21-10-8-20(9-11-21)28-17-18-5-2-1-3-6-18/h1-11,16,19H,12-15,17H2. The Kier molecular flexibility index (Phi) is 6.44. The fourth-order valence-electron chi connectivity index (χ4n) is 3.42. The average molecular weight is 422 g/mol. The molecule has 0 spiro atoms. The molecule has 0 bridgehead atoms. The molecule has 6 heteroatoms. The smallest absolute Gasteiger partial charge is 0.314 e. The van der Waals surface area contributed by atoms with Crippen molar-refractivity contribution in [3.8, 4) is 11.5 Å². The number of likely N-dealkylation sites (tertiary alicyclic amines) is 1.